The quantitative estimate of drug-likeness (QED) is 0.0283. The second kappa shape index (κ2) is 23.1. The first-order valence-corrected chi connectivity index (χ1v) is 20.4. The smallest absolute Gasteiger partial charge is 0.243 e. The summed E-state index contributed by atoms with van der Waals surface area (Å²) in [7, 11) is 0. The van der Waals surface area contributed by atoms with Gasteiger partial charge in [-0.1, -0.05) is 99.1 Å². The van der Waals surface area contributed by atoms with Gasteiger partial charge in [-0.15, -0.1) is 0 Å². The molecule has 61 heavy (non-hydrogen) atoms. The summed E-state index contributed by atoms with van der Waals surface area (Å²) in [6, 6.07) is 18.9. The molecule has 1 heterocycles. The van der Waals surface area contributed by atoms with E-state index in [4.69, 9.17) is 22.9 Å². The molecule has 0 radical (unpaired) electrons. The van der Waals surface area contributed by atoms with Gasteiger partial charge in [-0.05, 0) is 48.4 Å². The van der Waals surface area contributed by atoms with Gasteiger partial charge in [0, 0.05) is 42.9 Å². The van der Waals surface area contributed by atoms with Crippen LogP contribution in [-0.4, -0.2) is 89.2 Å². The van der Waals surface area contributed by atoms with Crippen LogP contribution in [0.5, 0.6) is 0 Å². The van der Waals surface area contributed by atoms with Gasteiger partial charge >= 0.3 is 0 Å². The van der Waals surface area contributed by atoms with Gasteiger partial charge < -0.3 is 54.5 Å². The van der Waals surface area contributed by atoms with E-state index in [0.717, 1.165) is 27.6 Å². The molecule has 6 amide bonds. The Morgan fingerprint density at radius 1 is 0.639 bits per heavy atom. The summed E-state index contributed by atoms with van der Waals surface area (Å²) >= 11 is 0. The van der Waals surface area contributed by atoms with E-state index in [0.29, 0.717) is 12.8 Å². The molecule has 0 saturated heterocycles. The molecule has 0 aliphatic carbocycles. The molecule has 326 valence electrons. The Hall–Kier alpha value is -6.75. The predicted octanol–water partition coefficient (Wildman–Crippen LogP) is 0.552. The minimum atomic E-state index is -1.22. The number of nitrogens with two attached hydrogens (primary N) is 4. The van der Waals surface area contributed by atoms with Crippen LogP contribution >= 0.6 is 0 Å². The van der Waals surface area contributed by atoms with Crippen molar-refractivity contribution < 1.29 is 28.8 Å². The zero-order valence-corrected chi connectivity index (χ0v) is 34.9. The molecule has 0 unspecified atom stereocenters. The SMILES string of the molecule is CC[C@@H](C)[C@@H](NC(=O)[C@@H](Cc1ccccc1)NC(=O)[C@H](Cc1c[nH]c2ccccc12)NC(=O)[C@@H](N)CCCN=C(N)N)C(=O)N[C@H](Cc1ccccc1)C(=O)N[C@H](C)C(N)=O. The van der Waals surface area contributed by atoms with Crippen molar-refractivity contribution >= 4 is 52.3 Å². The largest absolute Gasteiger partial charge is 0.370 e. The van der Waals surface area contributed by atoms with Gasteiger partial charge in [0.25, 0.3) is 0 Å². The number of carbonyl (C=O) groups is 6. The van der Waals surface area contributed by atoms with E-state index in [9.17, 15) is 28.8 Å². The first kappa shape index (κ1) is 46.9. The maximum absolute atomic E-state index is 14.4. The number of nitrogens with one attached hydrogen (secondary N) is 6. The van der Waals surface area contributed by atoms with E-state index in [1.165, 1.54) is 6.92 Å². The second-order valence-electron chi connectivity index (χ2n) is 15.2. The summed E-state index contributed by atoms with van der Waals surface area (Å²) in [5, 5.41) is 14.7. The van der Waals surface area contributed by atoms with Crippen molar-refractivity contribution in [1.29, 1.82) is 0 Å². The molecule has 17 nitrogen and oxygen atoms in total. The lowest BCUT2D eigenvalue weighted by Crippen LogP contribution is -2.61. The van der Waals surface area contributed by atoms with Crippen LogP contribution in [0.4, 0.5) is 0 Å². The molecule has 0 aliphatic rings. The van der Waals surface area contributed by atoms with Crippen LogP contribution in [0.1, 0.15) is 56.7 Å². The number of hydrogen-bond donors (Lipinski definition) is 10. The van der Waals surface area contributed by atoms with Crippen LogP contribution < -0.4 is 49.5 Å². The standard InChI is InChI=1S/C44H59N11O6/c1-4-26(2)37(43(61)54-34(22-28-14-7-5-8-15-28)40(58)51-27(3)38(46)56)55-42(60)35(23-29-16-9-6-10-17-29)53-41(59)36(24-30-25-50-33-20-12-11-18-31(30)33)52-39(57)32(45)19-13-21-49-44(47)48/h5-12,14-18,20,25-27,32,34-37,50H,4,13,19,21-24,45H2,1-3H3,(H2,46,56)(H,51,58)(H,52,57)(H,53,59)(H,54,61)(H,55,60)(H4,47,48,49)/t26-,27-,32+,34-,35-,36+,37-/m1/s1. The summed E-state index contributed by atoms with van der Waals surface area (Å²) < 4.78 is 0. The topological polar surface area (TPSA) is 295 Å². The molecule has 0 fully saturated rings. The number of primary amides is 1. The van der Waals surface area contributed by atoms with Crippen molar-refractivity contribution in [3.05, 3.63) is 108 Å². The highest BCUT2D eigenvalue weighted by Gasteiger charge is 2.34. The van der Waals surface area contributed by atoms with Gasteiger partial charge in [0.1, 0.15) is 30.2 Å². The fourth-order valence-electron chi connectivity index (χ4n) is 6.65. The Balaban J connectivity index is 1.61. The maximum Gasteiger partial charge on any atom is 0.243 e. The number of aromatic amines is 1. The van der Waals surface area contributed by atoms with Gasteiger partial charge in [-0.2, -0.15) is 0 Å². The molecule has 14 N–H and O–H groups in total. The molecular weight excluding hydrogens is 779 g/mol. The predicted molar refractivity (Wildman–Crippen MR) is 234 cm³/mol. The first-order chi connectivity index (χ1) is 29.2. The Kier molecular flexibility index (Phi) is 17.8. The number of H-pyrrole nitrogens is 1. The fourth-order valence-corrected chi connectivity index (χ4v) is 6.65. The van der Waals surface area contributed by atoms with Crippen LogP contribution in [-0.2, 0) is 48.0 Å². The number of amides is 6. The van der Waals surface area contributed by atoms with Crippen molar-refractivity contribution in [2.24, 2.45) is 33.8 Å². The van der Waals surface area contributed by atoms with Gasteiger partial charge in [-0.25, -0.2) is 0 Å². The Morgan fingerprint density at radius 2 is 1.15 bits per heavy atom. The minimum absolute atomic E-state index is 0.0371. The number of aromatic nitrogens is 1. The highest BCUT2D eigenvalue weighted by atomic mass is 16.2. The molecule has 0 spiro atoms. The molecule has 7 atom stereocenters. The van der Waals surface area contributed by atoms with Crippen LogP contribution in [0.25, 0.3) is 10.9 Å². The van der Waals surface area contributed by atoms with E-state index < -0.39 is 77.6 Å². The molecule has 3 aromatic carbocycles. The Morgan fingerprint density at radius 3 is 1.72 bits per heavy atom. The van der Waals surface area contributed by atoms with Crippen molar-refractivity contribution in [1.82, 2.24) is 31.6 Å². The number of benzene rings is 3. The number of aliphatic imine (C=N–C) groups is 1. The van der Waals surface area contributed by atoms with Gasteiger partial charge in [0.05, 0.1) is 6.04 Å². The van der Waals surface area contributed by atoms with E-state index >= 15 is 0 Å². The fraction of sp³-hybridized carbons (Fsp3) is 0.386. The van der Waals surface area contributed by atoms with E-state index in [-0.39, 0.29) is 38.2 Å². The Bertz CT molecular complexity index is 2120. The maximum atomic E-state index is 14.4. The lowest BCUT2D eigenvalue weighted by Gasteiger charge is -2.29. The summed E-state index contributed by atoms with van der Waals surface area (Å²) in [6.45, 7) is 5.34. The van der Waals surface area contributed by atoms with Crippen molar-refractivity contribution in [2.75, 3.05) is 6.54 Å². The highest BCUT2D eigenvalue weighted by molar-refractivity contribution is 5.97. The molecule has 0 bridgehead atoms. The summed E-state index contributed by atoms with van der Waals surface area (Å²) in [6.07, 6.45) is 3.05. The number of hydrogen-bond acceptors (Lipinski definition) is 8. The second-order valence-corrected chi connectivity index (χ2v) is 15.2. The number of nitrogens with zero attached hydrogens (tertiary/aromatic N) is 1. The van der Waals surface area contributed by atoms with Gasteiger partial charge in [-0.3, -0.25) is 33.8 Å². The number of guanidine groups is 1. The first-order valence-electron chi connectivity index (χ1n) is 20.4. The molecule has 1 aromatic heterocycles. The number of para-hydroxylation sites is 1. The average molecular weight is 838 g/mol. The zero-order chi connectivity index (χ0) is 44.5. The highest BCUT2D eigenvalue weighted by Crippen LogP contribution is 2.20. The van der Waals surface area contributed by atoms with Gasteiger partial charge in [0.2, 0.25) is 35.4 Å². The molecule has 4 rings (SSSR count). The Labute approximate surface area is 355 Å². The zero-order valence-electron chi connectivity index (χ0n) is 34.9. The van der Waals surface area contributed by atoms with Crippen LogP contribution in [0.15, 0.2) is 96.1 Å². The van der Waals surface area contributed by atoms with Crippen LogP contribution in [0.2, 0.25) is 0 Å². The average Bonchev–Trinajstić information content (AvgIpc) is 3.66. The monoisotopic (exact) mass is 837 g/mol. The molecular formula is C44H59N11O6. The summed E-state index contributed by atoms with van der Waals surface area (Å²) in [5.41, 5.74) is 25.5. The third-order valence-corrected chi connectivity index (χ3v) is 10.4. The molecule has 17 heteroatoms. The van der Waals surface area contributed by atoms with Crippen molar-refractivity contribution in [2.45, 2.75) is 95.5 Å². The van der Waals surface area contributed by atoms with E-state index in [1.807, 2.05) is 43.3 Å². The molecule has 4 aromatic rings. The number of carbonyl (C=O) groups excluding carboxylic acids is 6. The lowest BCUT2D eigenvalue weighted by atomic mass is 9.96. The number of fused-ring (bicyclic) bond motifs is 1. The van der Waals surface area contributed by atoms with Gasteiger partial charge in [0.15, 0.2) is 5.96 Å². The molecule has 0 aliphatic heterocycles. The normalized spacial score (nSPS) is 14.5. The van der Waals surface area contributed by atoms with Crippen LogP contribution in [0.3, 0.4) is 0 Å². The summed E-state index contributed by atoms with van der Waals surface area (Å²) in [5.74, 6) is -4.44. The third-order valence-electron chi connectivity index (χ3n) is 10.4. The van der Waals surface area contributed by atoms with Crippen molar-refractivity contribution in [3.8, 4) is 0 Å². The van der Waals surface area contributed by atoms with Crippen molar-refractivity contribution in [3.63, 3.8) is 0 Å². The lowest BCUT2D eigenvalue weighted by molar-refractivity contribution is -0.135. The van der Waals surface area contributed by atoms with E-state index in [1.54, 1.807) is 61.7 Å². The summed E-state index contributed by atoms with van der Waals surface area (Å²) in [4.78, 5) is 88.8. The third kappa shape index (κ3) is 14.5. The minimum Gasteiger partial charge on any atom is -0.370 e. The molecule has 0 saturated carbocycles. The van der Waals surface area contributed by atoms with Crippen LogP contribution in [0, 0.1) is 5.92 Å². The number of rotatable bonds is 23. The van der Waals surface area contributed by atoms with E-state index in [2.05, 4.69) is 36.6 Å².